The normalized spacial score (nSPS) is 17.7. The highest BCUT2D eigenvalue weighted by Crippen LogP contribution is 2.28. The van der Waals surface area contributed by atoms with E-state index in [-0.39, 0.29) is 11.6 Å². The molecule has 2 heterocycles. The van der Waals surface area contributed by atoms with Crippen molar-refractivity contribution in [2.45, 2.75) is 57.9 Å². The van der Waals surface area contributed by atoms with Gasteiger partial charge in [-0.05, 0) is 33.6 Å². The number of sulfonamides is 1. The topological polar surface area (TPSA) is 86.4 Å². The molecule has 0 amide bonds. The summed E-state index contributed by atoms with van der Waals surface area (Å²) in [5, 5.41) is 4.08. The van der Waals surface area contributed by atoms with Crippen LogP contribution in [0.3, 0.4) is 0 Å². The van der Waals surface area contributed by atoms with Gasteiger partial charge in [-0.25, -0.2) is 22.2 Å². The third kappa shape index (κ3) is 3.73. The SMILES string of the molecule is CCn1c(C2CCN(S(=O)(=O)C(C)C)CC2)nn(CCOC)c1=O. The average molecular weight is 360 g/mol. The molecule has 1 fully saturated rings. The lowest BCUT2D eigenvalue weighted by molar-refractivity contribution is 0.182. The molecular weight excluding hydrogens is 332 g/mol. The molecule has 2 rings (SSSR count). The zero-order valence-electron chi connectivity index (χ0n) is 14.9. The van der Waals surface area contributed by atoms with Crippen molar-refractivity contribution in [2.24, 2.45) is 0 Å². The fraction of sp³-hybridized carbons (Fsp3) is 0.867. The van der Waals surface area contributed by atoms with Gasteiger partial charge in [-0.3, -0.25) is 4.57 Å². The van der Waals surface area contributed by atoms with E-state index >= 15 is 0 Å². The molecule has 1 aliphatic rings. The van der Waals surface area contributed by atoms with Crippen molar-refractivity contribution in [1.82, 2.24) is 18.7 Å². The summed E-state index contributed by atoms with van der Waals surface area (Å²) in [6, 6.07) is 0. The maximum absolute atomic E-state index is 12.4. The van der Waals surface area contributed by atoms with Gasteiger partial charge in [-0.15, -0.1) is 0 Å². The van der Waals surface area contributed by atoms with Crippen molar-refractivity contribution in [3.8, 4) is 0 Å². The Morgan fingerprint density at radius 3 is 2.42 bits per heavy atom. The quantitative estimate of drug-likeness (QED) is 0.712. The lowest BCUT2D eigenvalue weighted by atomic mass is 9.97. The molecule has 0 atom stereocenters. The molecule has 0 aromatic carbocycles. The van der Waals surface area contributed by atoms with Crippen LogP contribution in [0.25, 0.3) is 0 Å². The van der Waals surface area contributed by atoms with E-state index in [1.807, 2.05) is 6.92 Å². The second-order valence-corrected chi connectivity index (χ2v) is 8.86. The number of aromatic nitrogens is 3. The van der Waals surface area contributed by atoms with Gasteiger partial charge in [0.15, 0.2) is 0 Å². The Labute approximate surface area is 143 Å². The van der Waals surface area contributed by atoms with Crippen molar-refractivity contribution >= 4 is 10.0 Å². The van der Waals surface area contributed by atoms with Crippen LogP contribution >= 0.6 is 0 Å². The van der Waals surface area contributed by atoms with Gasteiger partial charge >= 0.3 is 5.69 Å². The molecule has 1 saturated heterocycles. The van der Waals surface area contributed by atoms with Crippen LogP contribution < -0.4 is 5.69 Å². The van der Waals surface area contributed by atoms with E-state index in [4.69, 9.17) is 4.74 Å². The van der Waals surface area contributed by atoms with E-state index in [1.165, 1.54) is 4.68 Å². The maximum Gasteiger partial charge on any atom is 0.345 e. The first-order valence-electron chi connectivity index (χ1n) is 8.48. The molecule has 8 nitrogen and oxygen atoms in total. The Bertz CT molecular complexity index is 700. The van der Waals surface area contributed by atoms with Crippen LogP contribution in [0.15, 0.2) is 4.79 Å². The maximum atomic E-state index is 12.4. The molecule has 0 spiro atoms. The monoisotopic (exact) mass is 360 g/mol. The summed E-state index contributed by atoms with van der Waals surface area (Å²) in [4.78, 5) is 12.4. The first kappa shape index (κ1) is 19.1. The lowest BCUT2D eigenvalue weighted by Gasteiger charge is -2.31. The summed E-state index contributed by atoms with van der Waals surface area (Å²) < 4.78 is 34.2. The molecule has 0 N–H and O–H groups in total. The Hall–Kier alpha value is -1.19. The first-order chi connectivity index (χ1) is 11.3. The second-order valence-electron chi connectivity index (χ2n) is 6.37. The van der Waals surface area contributed by atoms with Crippen molar-refractivity contribution in [3.63, 3.8) is 0 Å². The number of methoxy groups -OCH3 is 1. The van der Waals surface area contributed by atoms with Crippen LogP contribution in [0.2, 0.25) is 0 Å². The molecule has 9 heteroatoms. The Morgan fingerprint density at radius 1 is 1.29 bits per heavy atom. The van der Waals surface area contributed by atoms with Gasteiger partial charge in [0.05, 0.1) is 18.4 Å². The highest BCUT2D eigenvalue weighted by Gasteiger charge is 2.32. The minimum absolute atomic E-state index is 0.111. The molecular formula is C15H28N4O4S. The number of ether oxygens (including phenoxy) is 1. The van der Waals surface area contributed by atoms with Crippen molar-refractivity contribution in [1.29, 1.82) is 0 Å². The van der Waals surface area contributed by atoms with Crippen LogP contribution in [-0.4, -0.2) is 59.1 Å². The summed E-state index contributed by atoms with van der Waals surface area (Å²) in [6.45, 7) is 7.71. The van der Waals surface area contributed by atoms with Crippen molar-refractivity contribution in [2.75, 3.05) is 26.8 Å². The lowest BCUT2D eigenvalue weighted by Crippen LogP contribution is -2.41. The molecule has 1 aromatic rings. The molecule has 0 bridgehead atoms. The molecule has 138 valence electrons. The molecule has 0 unspecified atom stereocenters. The second kappa shape index (κ2) is 7.79. The summed E-state index contributed by atoms with van der Waals surface area (Å²) in [7, 11) is -1.62. The van der Waals surface area contributed by atoms with Gasteiger partial charge in [0.25, 0.3) is 0 Å². The fourth-order valence-corrected chi connectivity index (χ4v) is 4.36. The van der Waals surface area contributed by atoms with Crippen LogP contribution in [0, 0.1) is 0 Å². The standard InChI is InChI=1S/C15H28N4O4S/c1-5-18-14(16-19(15(18)20)10-11-23-4)13-6-8-17(9-7-13)24(21,22)12(2)3/h12-13H,5-11H2,1-4H3. The van der Waals surface area contributed by atoms with Crippen LogP contribution in [-0.2, 0) is 27.8 Å². The van der Waals surface area contributed by atoms with E-state index in [0.29, 0.717) is 45.6 Å². The minimum atomic E-state index is -3.21. The number of nitrogens with zero attached hydrogens (tertiary/aromatic N) is 4. The number of hydrogen-bond donors (Lipinski definition) is 0. The third-order valence-electron chi connectivity index (χ3n) is 4.55. The predicted molar refractivity (Wildman–Crippen MR) is 91.6 cm³/mol. The van der Waals surface area contributed by atoms with Crippen LogP contribution in [0.1, 0.15) is 45.4 Å². The summed E-state index contributed by atoms with van der Waals surface area (Å²) >= 11 is 0. The highest BCUT2D eigenvalue weighted by atomic mass is 32.2. The number of piperidine rings is 1. The van der Waals surface area contributed by atoms with Gasteiger partial charge in [0.2, 0.25) is 10.0 Å². The zero-order valence-corrected chi connectivity index (χ0v) is 15.8. The van der Waals surface area contributed by atoms with E-state index in [2.05, 4.69) is 5.10 Å². The number of rotatable bonds is 7. The first-order valence-corrected chi connectivity index (χ1v) is 9.98. The van der Waals surface area contributed by atoms with Crippen LogP contribution in [0.4, 0.5) is 0 Å². The van der Waals surface area contributed by atoms with E-state index in [0.717, 1.165) is 5.82 Å². The van der Waals surface area contributed by atoms with Crippen molar-refractivity contribution in [3.05, 3.63) is 16.3 Å². The minimum Gasteiger partial charge on any atom is -0.383 e. The van der Waals surface area contributed by atoms with Crippen molar-refractivity contribution < 1.29 is 13.2 Å². The van der Waals surface area contributed by atoms with Gasteiger partial charge in [-0.2, -0.15) is 5.10 Å². The largest absolute Gasteiger partial charge is 0.383 e. The average Bonchev–Trinajstić information content (AvgIpc) is 2.88. The molecule has 24 heavy (non-hydrogen) atoms. The van der Waals surface area contributed by atoms with Gasteiger partial charge in [-0.1, -0.05) is 0 Å². The fourth-order valence-electron chi connectivity index (χ4n) is 3.05. The molecule has 0 saturated carbocycles. The van der Waals surface area contributed by atoms with E-state index < -0.39 is 15.3 Å². The molecule has 1 aliphatic heterocycles. The molecule has 0 aliphatic carbocycles. The van der Waals surface area contributed by atoms with Gasteiger partial charge in [0, 0.05) is 32.7 Å². The Kier molecular flexibility index (Phi) is 6.22. The third-order valence-corrected chi connectivity index (χ3v) is 6.83. The highest BCUT2D eigenvalue weighted by molar-refractivity contribution is 7.89. The zero-order chi connectivity index (χ0) is 17.9. The Balaban J connectivity index is 2.16. The summed E-state index contributed by atoms with van der Waals surface area (Å²) in [5.74, 6) is 0.875. The molecule has 1 aromatic heterocycles. The Morgan fingerprint density at radius 2 is 1.92 bits per heavy atom. The van der Waals surface area contributed by atoms with E-state index in [1.54, 1.807) is 29.8 Å². The summed E-state index contributed by atoms with van der Waals surface area (Å²) in [5.41, 5.74) is -0.123. The van der Waals surface area contributed by atoms with Gasteiger partial charge < -0.3 is 4.74 Å². The summed E-state index contributed by atoms with van der Waals surface area (Å²) in [6.07, 6.45) is 1.37. The van der Waals surface area contributed by atoms with Crippen LogP contribution in [0.5, 0.6) is 0 Å². The smallest absolute Gasteiger partial charge is 0.345 e. The number of hydrogen-bond acceptors (Lipinski definition) is 5. The van der Waals surface area contributed by atoms with Gasteiger partial charge in [0.1, 0.15) is 5.82 Å². The van der Waals surface area contributed by atoms with E-state index in [9.17, 15) is 13.2 Å². The predicted octanol–water partition coefficient (Wildman–Crippen LogP) is 0.629. The molecule has 0 radical (unpaired) electrons.